The van der Waals surface area contributed by atoms with Gasteiger partial charge in [-0.25, -0.2) is 13.1 Å². The highest BCUT2D eigenvalue weighted by Crippen LogP contribution is 2.26. The number of nitrogens with two attached hydrogens (primary N) is 1. The van der Waals surface area contributed by atoms with Crippen LogP contribution in [0.25, 0.3) is 0 Å². The summed E-state index contributed by atoms with van der Waals surface area (Å²) in [6.45, 7) is 3.00. The Kier molecular flexibility index (Phi) is 5.01. The summed E-state index contributed by atoms with van der Waals surface area (Å²) in [5, 5.41) is 0. The summed E-state index contributed by atoms with van der Waals surface area (Å²) in [6.07, 6.45) is 2.91. The number of hydrogen-bond donors (Lipinski definition) is 2. The maximum Gasteiger partial charge on any atom is 0.240 e. The van der Waals surface area contributed by atoms with Gasteiger partial charge in [-0.05, 0) is 49.4 Å². The van der Waals surface area contributed by atoms with Crippen LogP contribution in [0.15, 0.2) is 29.2 Å². The van der Waals surface area contributed by atoms with Gasteiger partial charge in [0.1, 0.15) is 12.4 Å². The third kappa shape index (κ3) is 3.94. The molecule has 1 aromatic carbocycles. The normalized spacial score (nSPS) is 22.9. The maximum atomic E-state index is 12.2. The topological polar surface area (TPSA) is 81.4 Å². The largest absolute Gasteiger partial charge is 0.492 e. The molecule has 1 aliphatic carbocycles. The van der Waals surface area contributed by atoms with Gasteiger partial charge >= 0.3 is 0 Å². The fourth-order valence-corrected chi connectivity index (χ4v) is 3.78. The molecule has 0 aliphatic heterocycles. The summed E-state index contributed by atoms with van der Waals surface area (Å²) < 4.78 is 32.6. The molecule has 2 unspecified atom stereocenters. The minimum Gasteiger partial charge on any atom is -0.492 e. The molecule has 0 aromatic heterocycles. The highest BCUT2D eigenvalue weighted by molar-refractivity contribution is 7.89. The van der Waals surface area contributed by atoms with Crippen molar-refractivity contribution >= 4 is 10.0 Å². The molecule has 0 radical (unpaired) electrons. The summed E-state index contributed by atoms with van der Waals surface area (Å²) in [6, 6.07) is 6.49. The molecule has 0 amide bonds. The first-order valence-electron chi connectivity index (χ1n) is 6.96. The van der Waals surface area contributed by atoms with E-state index in [1.807, 2.05) is 0 Å². The van der Waals surface area contributed by atoms with Crippen LogP contribution in [0.5, 0.6) is 5.75 Å². The van der Waals surface area contributed by atoms with E-state index >= 15 is 0 Å². The van der Waals surface area contributed by atoms with Crippen LogP contribution in [0.2, 0.25) is 0 Å². The predicted octanol–water partition coefficient (Wildman–Crippen LogP) is 1.49. The van der Waals surface area contributed by atoms with E-state index in [1.165, 1.54) is 0 Å². The quantitative estimate of drug-likeness (QED) is 0.833. The summed E-state index contributed by atoms with van der Waals surface area (Å²) in [7, 11) is -3.43. The van der Waals surface area contributed by atoms with Crippen molar-refractivity contribution in [2.75, 3.05) is 13.2 Å². The lowest BCUT2D eigenvalue weighted by Gasteiger charge is -2.13. The summed E-state index contributed by atoms with van der Waals surface area (Å²) in [5.41, 5.74) is 5.35. The van der Waals surface area contributed by atoms with Crippen LogP contribution in [0.3, 0.4) is 0 Å². The van der Waals surface area contributed by atoms with Gasteiger partial charge in [-0.15, -0.1) is 0 Å². The fourth-order valence-electron chi connectivity index (χ4n) is 2.49. The van der Waals surface area contributed by atoms with E-state index in [0.717, 1.165) is 19.3 Å². The van der Waals surface area contributed by atoms with Crippen molar-refractivity contribution in [3.8, 4) is 5.75 Å². The zero-order chi connectivity index (χ0) is 14.6. The molecule has 0 heterocycles. The molecular weight excluding hydrogens is 276 g/mol. The predicted molar refractivity (Wildman–Crippen MR) is 78.1 cm³/mol. The molecule has 1 fully saturated rings. The van der Waals surface area contributed by atoms with Crippen molar-refractivity contribution in [2.45, 2.75) is 37.1 Å². The molecule has 0 saturated heterocycles. The number of sulfonamides is 1. The van der Waals surface area contributed by atoms with Gasteiger partial charge in [-0.2, -0.15) is 0 Å². The molecule has 1 aromatic rings. The zero-order valence-electron chi connectivity index (χ0n) is 11.7. The van der Waals surface area contributed by atoms with Gasteiger partial charge in [0, 0.05) is 12.6 Å². The molecule has 2 atom stereocenters. The zero-order valence-corrected chi connectivity index (χ0v) is 12.5. The van der Waals surface area contributed by atoms with Crippen LogP contribution in [-0.4, -0.2) is 27.6 Å². The van der Waals surface area contributed by atoms with Crippen molar-refractivity contribution < 1.29 is 13.2 Å². The number of hydrogen-bond acceptors (Lipinski definition) is 4. The first-order valence-corrected chi connectivity index (χ1v) is 8.45. The van der Waals surface area contributed by atoms with Crippen molar-refractivity contribution in [2.24, 2.45) is 11.7 Å². The molecule has 5 nitrogen and oxygen atoms in total. The molecule has 1 aliphatic rings. The Morgan fingerprint density at radius 1 is 1.30 bits per heavy atom. The Morgan fingerprint density at radius 2 is 2.00 bits per heavy atom. The summed E-state index contributed by atoms with van der Waals surface area (Å²) >= 11 is 0. The van der Waals surface area contributed by atoms with Gasteiger partial charge in [-0.1, -0.05) is 6.92 Å². The molecule has 0 bridgehead atoms. The lowest BCUT2D eigenvalue weighted by Crippen LogP contribution is -2.32. The third-order valence-corrected chi connectivity index (χ3v) is 5.07. The van der Waals surface area contributed by atoms with E-state index in [4.69, 9.17) is 10.5 Å². The average Bonchev–Trinajstić information content (AvgIpc) is 2.81. The van der Waals surface area contributed by atoms with Gasteiger partial charge in [0.2, 0.25) is 10.0 Å². The van der Waals surface area contributed by atoms with E-state index in [1.54, 1.807) is 24.3 Å². The lowest BCUT2D eigenvalue weighted by atomic mass is 10.1. The highest BCUT2D eigenvalue weighted by atomic mass is 32.2. The summed E-state index contributed by atoms with van der Waals surface area (Å²) in [4.78, 5) is 0.275. The maximum absolute atomic E-state index is 12.2. The fraction of sp³-hybridized carbons (Fsp3) is 0.571. The second-order valence-electron chi connectivity index (χ2n) is 5.34. The van der Waals surface area contributed by atoms with Gasteiger partial charge in [-0.3, -0.25) is 0 Å². The van der Waals surface area contributed by atoms with E-state index in [-0.39, 0.29) is 10.9 Å². The molecule has 20 heavy (non-hydrogen) atoms. The lowest BCUT2D eigenvalue weighted by molar-refractivity contribution is 0.328. The molecule has 112 valence electrons. The average molecular weight is 298 g/mol. The Hall–Kier alpha value is -1.11. The van der Waals surface area contributed by atoms with Crippen LogP contribution in [0, 0.1) is 5.92 Å². The van der Waals surface area contributed by atoms with Crippen LogP contribution < -0.4 is 15.2 Å². The third-order valence-electron chi connectivity index (χ3n) is 3.54. The monoisotopic (exact) mass is 298 g/mol. The van der Waals surface area contributed by atoms with Crippen molar-refractivity contribution in [3.05, 3.63) is 24.3 Å². The van der Waals surface area contributed by atoms with Crippen LogP contribution in [-0.2, 0) is 10.0 Å². The van der Waals surface area contributed by atoms with Gasteiger partial charge in [0.25, 0.3) is 0 Å². The Balaban J connectivity index is 2.01. The molecular formula is C14H22N2O3S. The Bertz CT molecular complexity index is 528. The van der Waals surface area contributed by atoms with Crippen LogP contribution >= 0.6 is 0 Å². The van der Waals surface area contributed by atoms with Gasteiger partial charge in [0.05, 0.1) is 4.90 Å². The number of rotatable bonds is 6. The molecule has 3 N–H and O–H groups in total. The van der Waals surface area contributed by atoms with Crippen molar-refractivity contribution in [1.82, 2.24) is 4.72 Å². The molecule has 6 heteroatoms. The molecule has 2 rings (SSSR count). The first kappa shape index (κ1) is 15.3. The van der Waals surface area contributed by atoms with Crippen molar-refractivity contribution in [3.63, 3.8) is 0 Å². The smallest absolute Gasteiger partial charge is 0.240 e. The minimum absolute atomic E-state index is 0.0585. The van der Waals surface area contributed by atoms with Gasteiger partial charge < -0.3 is 10.5 Å². The second-order valence-corrected chi connectivity index (χ2v) is 7.06. The SMILES string of the molecule is CC1CCC(NS(=O)(=O)c2ccc(OCCN)cc2)C1. The van der Waals surface area contributed by atoms with E-state index in [9.17, 15) is 8.42 Å². The Labute approximate surface area is 120 Å². The number of nitrogens with one attached hydrogen (secondary N) is 1. The number of ether oxygens (including phenoxy) is 1. The first-order chi connectivity index (χ1) is 9.51. The molecule has 0 spiro atoms. The Morgan fingerprint density at radius 3 is 2.55 bits per heavy atom. The number of benzene rings is 1. The van der Waals surface area contributed by atoms with E-state index < -0.39 is 10.0 Å². The van der Waals surface area contributed by atoms with Crippen LogP contribution in [0.4, 0.5) is 0 Å². The highest BCUT2D eigenvalue weighted by Gasteiger charge is 2.26. The van der Waals surface area contributed by atoms with E-state index in [0.29, 0.717) is 24.8 Å². The van der Waals surface area contributed by atoms with E-state index in [2.05, 4.69) is 11.6 Å². The van der Waals surface area contributed by atoms with Gasteiger partial charge in [0.15, 0.2) is 0 Å². The minimum atomic E-state index is -3.43. The van der Waals surface area contributed by atoms with Crippen molar-refractivity contribution in [1.29, 1.82) is 0 Å². The second kappa shape index (κ2) is 6.56. The molecule has 1 saturated carbocycles. The van der Waals surface area contributed by atoms with Crippen LogP contribution in [0.1, 0.15) is 26.2 Å². The summed E-state index contributed by atoms with van der Waals surface area (Å²) in [5.74, 6) is 1.22. The standard InChI is InChI=1S/C14H22N2O3S/c1-11-2-3-12(10-11)16-20(17,18)14-6-4-13(5-7-14)19-9-8-15/h4-7,11-12,16H,2-3,8-10,15H2,1H3.